The van der Waals surface area contributed by atoms with Gasteiger partial charge in [0.05, 0.1) is 27.8 Å². The number of fused-ring (bicyclic) bond motifs is 6. The molecule has 3 nitrogen and oxygen atoms in total. The minimum absolute atomic E-state index is 0.906. The van der Waals surface area contributed by atoms with E-state index >= 15 is 0 Å². The van der Waals surface area contributed by atoms with Crippen molar-refractivity contribution in [3.63, 3.8) is 0 Å². The summed E-state index contributed by atoms with van der Waals surface area (Å²) < 4.78 is 4.66. The van der Waals surface area contributed by atoms with Gasteiger partial charge in [0.1, 0.15) is 5.82 Å². The number of para-hydroxylation sites is 3. The SMILES string of the molecule is c1ccc(-c2ccc(-c3cccc(-n4c5ccccc5c5cc(-c6ccc7c(c6)c6ccccc6n7-c6ccccc6)ccc54)n3)cc2)cc1. The van der Waals surface area contributed by atoms with Crippen molar-refractivity contribution in [2.45, 2.75) is 0 Å². The molecular weight excluding hydrogens is 607 g/mol. The smallest absolute Gasteiger partial charge is 0.138 e. The van der Waals surface area contributed by atoms with Crippen molar-refractivity contribution in [2.75, 3.05) is 0 Å². The van der Waals surface area contributed by atoms with Gasteiger partial charge in [0.25, 0.3) is 0 Å². The summed E-state index contributed by atoms with van der Waals surface area (Å²) in [5.41, 5.74) is 12.7. The van der Waals surface area contributed by atoms with Crippen LogP contribution in [0.3, 0.4) is 0 Å². The number of nitrogens with zero attached hydrogens (tertiary/aromatic N) is 3. The summed E-state index contributed by atoms with van der Waals surface area (Å²) in [5, 5.41) is 4.93. The van der Waals surface area contributed by atoms with Crippen molar-refractivity contribution in [3.8, 4) is 45.0 Å². The summed E-state index contributed by atoms with van der Waals surface area (Å²) in [5.74, 6) is 0.906. The molecule has 0 aliphatic rings. The molecule has 0 atom stereocenters. The summed E-state index contributed by atoms with van der Waals surface area (Å²) in [6, 6.07) is 67.2. The van der Waals surface area contributed by atoms with Crippen LogP contribution in [-0.2, 0) is 0 Å². The highest BCUT2D eigenvalue weighted by atomic mass is 15.1. The van der Waals surface area contributed by atoms with Gasteiger partial charge in [0.15, 0.2) is 0 Å². The Morgan fingerprint density at radius 2 is 0.780 bits per heavy atom. The summed E-state index contributed by atoms with van der Waals surface area (Å²) in [7, 11) is 0. The summed E-state index contributed by atoms with van der Waals surface area (Å²) in [6.07, 6.45) is 0. The second-order valence-corrected chi connectivity index (χ2v) is 12.8. The van der Waals surface area contributed by atoms with E-state index in [1.807, 2.05) is 0 Å². The first kappa shape index (κ1) is 28.3. The van der Waals surface area contributed by atoms with Crippen LogP contribution >= 0.6 is 0 Å². The Morgan fingerprint density at radius 3 is 1.44 bits per heavy atom. The predicted octanol–water partition coefficient (Wildman–Crippen LogP) is 12.3. The van der Waals surface area contributed by atoms with Crippen LogP contribution in [0, 0.1) is 0 Å². The van der Waals surface area contributed by atoms with Crippen LogP contribution in [0.15, 0.2) is 188 Å². The van der Waals surface area contributed by atoms with Gasteiger partial charge in [-0.05, 0) is 82.9 Å². The normalized spacial score (nSPS) is 11.6. The van der Waals surface area contributed by atoms with Gasteiger partial charge in [0.2, 0.25) is 0 Å². The second kappa shape index (κ2) is 11.5. The molecule has 0 amide bonds. The summed E-state index contributed by atoms with van der Waals surface area (Å²) in [6.45, 7) is 0. The van der Waals surface area contributed by atoms with E-state index in [9.17, 15) is 0 Å². The highest BCUT2D eigenvalue weighted by Gasteiger charge is 2.17. The van der Waals surface area contributed by atoms with Gasteiger partial charge >= 0.3 is 0 Å². The van der Waals surface area contributed by atoms with Crippen LogP contribution < -0.4 is 0 Å². The highest BCUT2D eigenvalue weighted by molar-refractivity contribution is 6.12. The van der Waals surface area contributed by atoms with Crippen molar-refractivity contribution >= 4 is 43.6 Å². The standard InChI is InChI=1S/C47H31N3/c1-3-12-32(13-4-1)33-22-24-34(25-23-33)42-18-11-21-47(48-42)50-44-20-10-8-17-39(44)41-31-36(27-29-46(41)50)35-26-28-45-40(30-35)38-16-7-9-19-43(38)49(45)37-14-5-2-6-15-37/h1-31H. The van der Waals surface area contributed by atoms with E-state index in [-0.39, 0.29) is 0 Å². The largest absolute Gasteiger partial charge is 0.309 e. The molecule has 0 aliphatic heterocycles. The Kier molecular flexibility index (Phi) is 6.49. The van der Waals surface area contributed by atoms with Gasteiger partial charge in [-0.25, -0.2) is 4.98 Å². The molecule has 3 heteroatoms. The fraction of sp³-hybridized carbons (Fsp3) is 0. The molecule has 0 N–H and O–H groups in total. The van der Waals surface area contributed by atoms with E-state index in [1.54, 1.807) is 0 Å². The maximum absolute atomic E-state index is 5.22. The van der Waals surface area contributed by atoms with Crippen LogP contribution in [0.2, 0.25) is 0 Å². The van der Waals surface area contributed by atoms with E-state index in [1.165, 1.54) is 60.5 Å². The lowest BCUT2D eigenvalue weighted by Crippen LogP contribution is -1.98. The molecule has 0 radical (unpaired) electrons. The zero-order valence-corrected chi connectivity index (χ0v) is 27.2. The number of aromatic nitrogens is 3. The lowest BCUT2D eigenvalue weighted by molar-refractivity contribution is 1.08. The van der Waals surface area contributed by atoms with E-state index in [0.29, 0.717) is 0 Å². The van der Waals surface area contributed by atoms with Crippen molar-refractivity contribution in [2.24, 2.45) is 0 Å². The van der Waals surface area contributed by atoms with Crippen LogP contribution in [0.4, 0.5) is 0 Å². The van der Waals surface area contributed by atoms with Crippen molar-refractivity contribution in [1.82, 2.24) is 14.1 Å². The van der Waals surface area contributed by atoms with Gasteiger partial charge in [-0.15, -0.1) is 0 Å². The van der Waals surface area contributed by atoms with Crippen LogP contribution in [0.5, 0.6) is 0 Å². The molecule has 0 aliphatic carbocycles. The molecule has 10 aromatic rings. The van der Waals surface area contributed by atoms with Gasteiger partial charge in [-0.2, -0.15) is 0 Å². The maximum Gasteiger partial charge on any atom is 0.138 e. The zero-order valence-electron chi connectivity index (χ0n) is 27.2. The first-order chi connectivity index (χ1) is 24.8. The molecule has 0 saturated carbocycles. The van der Waals surface area contributed by atoms with Gasteiger partial charge < -0.3 is 4.57 Å². The fourth-order valence-electron chi connectivity index (χ4n) is 7.58. The zero-order chi connectivity index (χ0) is 33.0. The predicted molar refractivity (Wildman–Crippen MR) is 209 cm³/mol. The molecule has 10 rings (SSSR count). The molecule has 3 aromatic heterocycles. The van der Waals surface area contributed by atoms with Crippen LogP contribution in [0.1, 0.15) is 0 Å². The Morgan fingerprint density at radius 1 is 0.300 bits per heavy atom. The molecule has 234 valence electrons. The Bertz CT molecular complexity index is 2840. The fourth-order valence-corrected chi connectivity index (χ4v) is 7.58. The lowest BCUT2D eigenvalue weighted by Gasteiger charge is -2.10. The van der Waals surface area contributed by atoms with Crippen molar-refractivity contribution in [3.05, 3.63) is 188 Å². The number of pyridine rings is 1. The third-order valence-corrected chi connectivity index (χ3v) is 9.94. The van der Waals surface area contributed by atoms with Crippen LogP contribution in [-0.4, -0.2) is 14.1 Å². The summed E-state index contributed by atoms with van der Waals surface area (Å²) >= 11 is 0. The van der Waals surface area contributed by atoms with E-state index in [0.717, 1.165) is 28.1 Å². The molecule has 0 spiro atoms. The van der Waals surface area contributed by atoms with Crippen molar-refractivity contribution < 1.29 is 0 Å². The summed E-state index contributed by atoms with van der Waals surface area (Å²) in [4.78, 5) is 5.22. The third-order valence-electron chi connectivity index (χ3n) is 9.94. The molecule has 7 aromatic carbocycles. The van der Waals surface area contributed by atoms with E-state index < -0.39 is 0 Å². The molecular formula is C47H31N3. The maximum atomic E-state index is 5.22. The van der Waals surface area contributed by atoms with Crippen molar-refractivity contribution in [1.29, 1.82) is 0 Å². The first-order valence-electron chi connectivity index (χ1n) is 17.1. The molecule has 50 heavy (non-hydrogen) atoms. The van der Waals surface area contributed by atoms with Crippen LogP contribution in [0.25, 0.3) is 88.6 Å². The molecule has 0 saturated heterocycles. The molecule has 0 fully saturated rings. The second-order valence-electron chi connectivity index (χ2n) is 12.8. The quantitative estimate of drug-likeness (QED) is 0.184. The van der Waals surface area contributed by atoms with Gasteiger partial charge in [0, 0.05) is 32.8 Å². The Balaban J connectivity index is 1.08. The minimum Gasteiger partial charge on any atom is -0.309 e. The lowest BCUT2D eigenvalue weighted by atomic mass is 10.0. The number of benzene rings is 7. The van der Waals surface area contributed by atoms with E-state index in [2.05, 4.69) is 197 Å². The Hall–Kier alpha value is -6.71. The minimum atomic E-state index is 0.906. The van der Waals surface area contributed by atoms with Gasteiger partial charge in [-0.3, -0.25) is 4.57 Å². The number of hydrogen-bond acceptors (Lipinski definition) is 1. The van der Waals surface area contributed by atoms with E-state index in [4.69, 9.17) is 4.98 Å². The molecule has 0 bridgehead atoms. The average molecular weight is 638 g/mol. The average Bonchev–Trinajstić information content (AvgIpc) is 3.71. The molecule has 3 heterocycles. The topological polar surface area (TPSA) is 22.8 Å². The number of hydrogen-bond donors (Lipinski definition) is 0. The monoisotopic (exact) mass is 637 g/mol. The highest BCUT2D eigenvalue weighted by Crippen LogP contribution is 2.38. The third kappa shape index (κ3) is 4.56. The number of rotatable bonds is 5. The first-order valence-corrected chi connectivity index (χ1v) is 17.1. The molecule has 0 unspecified atom stereocenters. The Labute approximate surface area is 290 Å². The van der Waals surface area contributed by atoms with Gasteiger partial charge in [-0.1, -0.05) is 127 Å².